The number of hydrogen-bond acceptors (Lipinski definition) is 4. The van der Waals surface area contributed by atoms with E-state index in [-0.39, 0.29) is 5.92 Å². The van der Waals surface area contributed by atoms with Crippen LogP contribution in [0.5, 0.6) is 0 Å². The normalized spacial score (nSPS) is 27.9. The number of carbonyl (C=O) groups is 2. The van der Waals surface area contributed by atoms with Crippen molar-refractivity contribution in [2.45, 2.75) is 51.7 Å². The minimum absolute atomic E-state index is 0.266. The van der Waals surface area contributed by atoms with Crippen molar-refractivity contribution in [1.82, 2.24) is 9.80 Å². The largest absolute Gasteiger partial charge is 0.480 e. The van der Waals surface area contributed by atoms with Crippen LogP contribution in [0.4, 0.5) is 4.79 Å². The zero-order valence-corrected chi connectivity index (χ0v) is 14.0. The van der Waals surface area contributed by atoms with Gasteiger partial charge in [0.05, 0.1) is 0 Å². The summed E-state index contributed by atoms with van der Waals surface area (Å²) >= 11 is 0. The monoisotopic (exact) mass is 312 g/mol. The predicted molar refractivity (Wildman–Crippen MR) is 82.7 cm³/mol. The van der Waals surface area contributed by atoms with Crippen LogP contribution in [0.25, 0.3) is 0 Å². The standard InChI is InChI=1S/C16H28N2O4/c1-16(2,3)22-15(21)18-10-12(9-13(18)14(19)20)11-5-7-17(4)8-6-11/h11-13H,5-10H2,1-4H3,(H,19,20). The number of carboxylic acid groups (broad SMARTS) is 1. The van der Waals surface area contributed by atoms with Crippen molar-refractivity contribution in [3.8, 4) is 0 Å². The Kier molecular flexibility index (Phi) is 5.00. The molecule has 0 aliphatic carbocycles. The van der Waals surface area contributed by atoms with Crippen molar-refractivity contribution >= 4 is 12.1 Å². The van der Waals surface area contributed by atoms with Crippen molar-refractivity contribution in [1.29, 1.82) is 0 Å². The molecule has 2 aliphatic heterocycles. The first-order chi connectivity index (χ1) is 10.2. The van der Waals surface area contributed by atoms with Gasteiger partial charge in [-0.15, -0.1) is 0 Å². The number of hydrogen-bond donors (Lipinski definition) is 1. The maximum atomic E-state index is 12.3. The average molecular weight is 312 g/mol. The fourth-order valence-corrected chi connectivity index (χ4v) is 3.47. The molecule has 2 unspecified atom stereocenters. The molecule has 6 heteroatoms. The molecule has 2 heterocycles. The Morgan fingerprint density at radius 1 is 1.14 bits per heavy atom. The molecule has 2 saturated heterocycles. The zero-order chi connectivity index (χ0) is 16.5. The molecule has 0 radical (unpaired) electrons. The van der Waals surface area contributed by atoms with Crippen LogP contribution in [0.2, 0.25) is 0 Å². The second kappa shape index (κ2) is 6.44. The number of ether oxygens (including phenoxy) is 1. The van der Waals surface area contributed by atoms with E-state index in [0.29, 0.717) is 18.9 Å². The first kappa shape index (κ1) is 17.1. The number of carbonyl (C=O) groups excluding carboxylic acids is 1. The van der Waals surface area contributed by atoms with E-state index >= 15 is 0 Å². The van der Waals surface area contributed by atoms with Crippen LogP contribution in [-0.4, -0.2) is 65.3 Å². The Labute approximate surface area is 132 Å². The molecular weight excluding hydrogens is 284 g/mol. The number of rotatable bonds is 2. The lowest BCUT2D eigenvalue weighted by molar-refractivity contribution is -0.142. The minimum Gasteiger partial charge on any atom is -0.480 e. The summed E-state index contributed by atoms with van der Waals surface area (Å²) in [5, 5.41) is 9.43. The van der Waals surface area contributed by atoms with Crippen LogP contribution in [0.1, 0.15) is 40.0 Å². The van der Waals surface area contributed by atoms with Gasteiger partial charge in [-0.2, -0.15) is 0 Å². The number of piperidine rings is 1. The maximum absolute atomic E-state index is 12.3. The van der Waals surface area contributed by atoms with Crippen LogP contribution < -0.4 is 0 Å². The van der Waals surface area contributed by atoms with Crippen LogP contribution in [-0.2, 0) is 9.53 Å². The molecular formula is C16H28N2O4. The van der Waals surface area contributed by atoms with Gasteiger partial charge in [0.1, 0.15) is 11.6 Å². The van der Waals surface area contributed by atoms with Gasteiger partial charge in [-0.05, 0) is 72.0 Å². The SMILES string of the molecule is CN1CCC(C2CC(C(=O)O)N(C(=O)OC(C)(C)C)C2)CC1. The summed E-state index contributed by atoms with van der Waals surface area (Å²) < 4.78 is 5.37. The van der Waals surface area contributed by atoms with Gasteiger partial charge >= 0.3 is 12.1 Å². The first-order valence-corrected chi connectivity index (χ1v) is 8.08. The molecule has 0 aromatic carbocycles. The summed E-state index contributed by atoms with van der Waals surface area (Å²) in [4.78, 5) is 27.5. The Hall–Kier alpha value is -1.30. The molecule has 6 nitrogen and oxygen atoms in total. The first-order valence-electron chi connectivity index (χ1n) is 8.08. The second-order valence-electron chi connectivity index (χ2n) is 7.62. The molecule has 0 saturated carbocycles. The van der Waals surface area contributed by atoms with Gasteiger partial charge in [0.25, 0.3) is 0 Å². The highest BCUT2D eigenvalue weighted by atomic mass is 16.6. The minimum atomic E-state index is -0.929. The zero-order valence-electron chi connectivity index (χ0n) is 14.0. The van der Waals surface area contributed by atoms with Gasteiger partial charge in [0.2, 0.25) is 0 Å². The maximum Gasteiger partial charge on any atom is 0.411 e. The van der Waals surface area contributed by atoms with Gasteiger partial charge in [-0.3, -0.25) is 4.90 Å². The van der Waals surface area contributed by atoms with Gasteiger partial charge in [-0.25, -0.2) is 9.59 Å². The van der Waals surface area contributed by atoms with Crippen molar-refractivity contribution < 1.29 is 19.4 Å². The van der Waals surface area contributed by atoms with Gasteiger partial charge in [0.15, 0.2) is 0 Å². The van der Waals surface area contributed by atoms with Gasteiger partial charge < -0.3 is 14.7 Å². The average Bonchev–Trinajstić information content (AvgIpc) is 2.83. The molecule has 2 aliphatic rings. The molecule has 0 aromatic heterocycles. The number of aliphatic carboxylic acids is 1. The molecule has 2 fully saturated rings. The topological polar surface area (TPSA) is 70.1 Å². The molecule has 2 rings (SSSR count). The highest BCUT2D eigenvalue weighted by molar-refractivity contribution is 5.81. The van der Waals surface area contributed by atoms with Crippen molar-refractivity contribution in [3.05, 3.63) is 0 Å². The summed E-state index contributed by atoms with van der Waals surface area (Å²) in [5.74, 6) is -0.158. The molecule has 0 bridgehead atoms. The van der Waals surface area contributed by atoms with E-state index in [9.17, 15) is 14.7 Å². The van der Waals surface area contributed by atoms with Crippen LogP contribution in [0.15, 0.2) is 0 Å². The fourth-order valence-electron chi connectivity index (χ4n) is 3.47. The van der Waals surface area contributed by atoms with E-state index in [1.807, 2.05) is 0 Å². The third kappa shape index (κ3) is 4.12. The Morgan fingerprint density at radius 3 is 2.23 bits per heavy atom. The Morgan fingerprint density at radius 2 is 1.73 bits per heavy atom. The molecule has 0 spiro atoms. The van der Waals surface area contributed by atoms with E-state index < -0.39 is 23.7 Å². The summed E-state index contributed by atoms with van der Waals surface area (Å²) in [7, 11) is 2.11. The van der Waals surface area contributed by atoms with Crippen LogP contribution in [0.3, 0.4) is 0 Å². The smallest absolute Gasteiger partial charge is 0.411 e. The summed E-state index contributed by atoms with van der Waals surface area (Å²) in [6.07, 6.45) is 2.20. The lowest BCUT2D eigenvalue weighted by Gasteiger charge is -2.32. The van der Waals surface area contributed by atoms with Gasteiger partial charge in [-0.1, -0.05) is 0 Å². The van der Waals surface area contributed by atoms with E-state index in [4.69, 9.17) is 4.74 Å². The van der Waals surface area contributed by atoms with E-state index in [1.165, 1.54) is 4.90 Å². The van der Waals surface area contributed by atoms with Crippen molar-refractivity contribution in [2.75, 3.05) is 26.7 Å². The Balaban J connectivity index is 2.03. The molecule has 0 aromatic rings. The third-order valence-corrected chi connectivity index (χ3v) is 4.68. The quantitative estimate of drug-likeness (QED) is 0.845. The lowest BCUT2D eigenvalue weighted by atomic mass is 9.83. The van der Waals surface area contributed by atoms with E-state index in [1.54, 1.807) is 20.8 Å². The van der Waals surface area contributed by atoms with Crippen molar-refractivity contribution in [2.24, 2.45) is 11.8 Å². The Bertz CT molecular complexity index is 424. The van der Waals surface area contributed by atoms with E-state index in [0.717, 1.165) is 25.9 Å². The summed E-state index contributed by atoms with van der Waals surface area (Å²) in [6.45, 7) is 7.98. The molecule has 1 N–H and O–H groups in total. The van der Waals surface area contributed by atoms with Crippen LogP contribution >= 0.6 is 0 Å². The highest BCUT2D eigenvalue weighted by Gasteiger charge is 2.44. The molecule has 126 valence electrons. The van der Waals surface area contributed by atoms with Crippen LogP contribution in [0, 0.1) is 11.8 Å². The lowest BCUT2D eigenvalue weighted by Crippen LogP contribution is -2.43. The number of amides is 1. The van der Waals surface area contributed by atoms with E-state index in [2.05, 4.69) is 11.9 Å². The third-order valence-electron chi connectivity index (χ3n) is 4.68. The van der Waals surface area contributed by atoms with Gasteiger partial charge in [0, 0.05) is 6.54 Å². The molecule has 2 atom stereocenters. The summed E-state index contributed by atoms with van der Waals surface area (Å²) in [6, 6.07) is -0.750. The molecule has 1 amide bonds. The number of likely N-dealkylation sites (tertiary alicyclic amines) is 2. The second-order valence-corrected chi connectivity index (χ2v) is 7.62. The molecule has 22 heavy (non-hydrogen) atoms. The highest BCUT2D eigenvalue weighted by Crippen LogP contribution is 2.35. The fraction of sp³-hybridized carbons (Fsp3) is 0.875. The van der Waals surface area contributed by atoms with Crippen molar-refractivity contribution in [3.63, 3.8) is 0 Å². The number of carboxylic acids is 1. The predicted octanol–water partition coefficient (Wildman–Crippen LogP) is 2.04. The summed E-state index contributed by atoms with van der Waals surface area (Å²) in [5.41, 5.74) is -0.605. The number of nitrogens with zero attached hydrogens (tertiary/aromatic N) is 2.